The second-order valence-corrected chi connectivity index (χ2v) is 5.50. The number of hydrogen-bond acceptors (Lipinski definition) is 4. The van der Waals surface area contributed by atoms with Crippen molar-refractivity contribution in [3.8, 4) is 5.69 Å². The molecule has 22 heavy (non-hydrogen) atoms. The Morgan fingerprint density at radius 3 is 2.95 bits per heavy atom. The van der Waals surface area contributed by atoms with E-state index in [1.807, 2.05) is 24.3 Å². The minimum absolute atomic E-state index is 0. The lowest BCUT2D eigenvalue weighted by atomic mass is 10.1. The van der Waals surface area contributed by atoms with Crippen molar-refractivity contribution >= 4 is 18.3 Å². The molecule has 0 saturated heterocycles. The Hall–Kier alpha value is -1.92. The highest BCUT2D eigenvalue weighted by atomic mass is 35.5. The van der Waals surface area contributed by atoms with E-state index in [4.69, 9.17) is 5.73 Å². The van der Waals surface area contributed by atoms with Gasteiger partial charge in [0.2, 0.25) is 5.91 Å². The predicted molar refractivity (Wildman–Crippen MR) is 85.8 cm³/mol. The van der Waals surface area contributed by atoms with Crippen molar-refractivity contribution in [2.24, 2.45) is 11.7 Å². The second kappa shape index (κ2) is 7.38. The number of amides is 1. The summed E-state index contributed by atoms with van der Waals surface area (Å²) >= 11 is 0. The molecule has 3 N–H and O–H groups in total. The summed E-state index contributed by atoms with van der Waals surface area (Å²) in [6.45, 7) is 0.521. The summed E-state index contributed by atoms with van der Waals surface area (Å²) < 4.78 is 1.70. The van der Waals surface area contributed by atoms with Crippen LogP contribution < -0.4 is 11.1 Å². The molecule has 118 valence electrons. The fourth-order valence-electron chi connectivity index (χ4n) is 2.74. The topological polar surface area (TPSA) is 85.8 Å². The average Bonchev–Trinajstić information content (AvgIpc) is 3.16. The van der Waals surface area contributed by atoms with Crippen LogP contribution >= 0.6 is 12.4 Å². The lowest BCUT2D eigenvalue weighted by Gasteiger charge is -2.11. The van der Waals surface area contributed by atoms with Crippen LogP contribution in [-0.2, 0) is 11.3 Å². The van der Waals surface area contributed by atoms with Gasteiger partial charge in [0.1, 0.15) is 12.7 Å². The third-order valence-electron chi connectivity index (χ3n) is 3.90. The lowest BCUT2D eigenvalue weighted by Crippen LogP contribution is -2.30. The van der Waals surface area contributed by atoms with Crippen LogP contribution in [0.3, 0.4) is 0 Å². The Morgan fingerprint density at radius 2 is 2.27 bits per heavy atom. The summed E-state index contributed by atoms with van der Waals surface area (Å²) in [6.07, 6.45) is 5.78. The van der Waals surface area contributed by atoms with Crippen LogP contribution in [0.25, 0.3) is 5.69 Å². The van der Waals surface area contributed by atoms with E-state index in [-0.39, 0.29) is 30.3 Å². The average molecular weight is 322 g/mol. The largest absolute Gasteiger partial charge is 0.352 e. The van der Waals surface area contributed by atoms with Crippen molar-refractivity contribution in [1.82, 2.24) is 20.1 Å². The number of halogens is 1. The minimum Gasteiger partial charge on any atom is -0.352 e. The highest BCUT2D eigenvalue weighted by molar-refractivity contribution is 5.85. The van der Waals surface area contributed by atoms with Crippen molar-refractivity contribution < 1.29 is 4.79 Å². The van der Waals surface area contributed by atoms with Gasteiger partial charge < -0.3 is 11.1 Å². The Bertz CT molecular complexity index is 616. The molecule has 1 fully saturated rings. The van der Waals surface area contributed by atoms with Gasteiger partial charge in [-0.3, -0.25) is 4.79 Å². The molecule has 1 aromatic carbocycles. The van der Waals surface area contributed by atoms with Gasteiger partial charge in [-0.05, 0) is 37.0 Å². The van der Waals surface area contributed by atoms with Crippen molar-refractivity contribution in [1.29, 1.82) is 0 Å². The molecule has 0 bridgehead atoms. The van der Waals surface area contributed by atoms with Gasteiger partial charge in [-0.25, -0.2) is 9.67 Å². The molecule has 0 radical (unpaired) electrons. The predicted octanol–water partition coefficient (Wildman–Crippen LogP) is 1.43. The van der Waals surface area contributed by atoms with Gasteiger partial charge >= 0.3 is 0 Å². The number of nitrogens with two attached hydrogens (primary N) is 1. The Balaban J connectivity index is 0.00000176. The summed E-state index contributed by atoms with van der Waals surface area (Å²) in [5.41, 5.74) is 7.82. The molecular formula is C15H20ClN5O. The molecule has 1 aliphatic carbocycles. The van der Waals surface area contributed by atoms with Crippen LogP contribution in [-0.4, -0.2) is 26.7 Å². The molecule has 3 rings (SSSR count). The SMILES string of the molecule is Cl.NC1CCC(C(=O)NCc2cccc(-n3cncn3)c2)C1. The maximum Gasteiger partial charge on any atom is 0.223 e. The number of carbonyl (C=O) groups excluding carboxylic acids is 1. The number of aromatic nitrogens is 3. The highest BCUT2D eigenvalue weighted by Gasteiger charge is 2.27. The normalized spacial score (nSPS) is 20.4. The zero-order valence-electron chi connectivity index (χ0n) is 12.2. The van der Waals surface area contributed by atoms with E-state index in [2.05, 4.69) is 15.4 Å². The zero-order chi connectivity index (χ0) is 14.7. The molecule has 2 atom stereocenters. The van der Waals surface area contributed by atoms with Gasteiger partial charge in [-0.2, -0.15) is 5.10 Å². The number of hydrogen-bond donors (Lipinski definition) is 2. The molecule has 1 amide bonds. The standard InChI is InChI=1S/C15H19N5O.ClH/c16-13-5-4-12(7-13)15(21)18-8-11-2-1-3-14(6-11)20-10-17-9-19-20;/h1-3,6,9-10,12-13H,4-5,7-8,16H2,(H,18,21);1H. The molecule has 0 aliphatic heterocycles. The zero-order valence-corrected chi connectivity index (χ0v) is 13.0. The van der Waals surface area contributed by atoms with E-state index in [0.29, 0.717) is 6.54 Å². The first kappa shape index (κ1) is 16.5. The first-order valence-corrected chi connectivity index (χ1v) is 7.19. The molecule has 1 aliphatic rings. The first-order chi connectivity index (χ1) is 10.2. The van der Waals surface area contributed by atoms with E-state index in [1.54, 1.807) is 11.0 Å². The number of nitrogens with one attached hydrogen (secondary N) is 1. The Morgan fingerprint density at radius 1 is 1.41 bits per heavy atom. The quantitative estimate of drug-likeness (QED) is 0.892. The molecule has 7 heteroatoms. The first-order valence-electron chi connectivity index (χ1n) is 7.19. The van der Waals surface area contributed by atoms with Crippen LogP contribution in [0.4, 0.5) is 0 Å². The van der Waals surface area contributed by atoms with Gasteiger partial charge in [0, 0.05) is 18.5 Å². The van der Waals surface area contributed by atoms with E-state index < -0.39 is 0 Å². The molecular weight excluding hydrogens is 302 g/mol. The molecule has 1 aromatic heterocycles. The number of rotatable bonds is 4. The smallest absolute Gasteiger partial charge is 0.223 e. The maximum atomic E-state index is 12.1. The van der Waals surface area contributed by atoms with Crippen molar-refractivity contribution in [2.45, 2.75) is 31.8 Å². The summed E-state index contributed by atoms with van der Waals surface area (Å²) in [5, 5.41) is 7.09. The summed E-state index contributed by atoms with van der Waals surface area (Å²) in [5.74, 6) is 0.174. The van der Waals surface area contributed by atoms with Gasteiger partial charge in [0.25, 0.3) is 0 Å². The number of benzene rings is 1. The summed E-state index contributed by atoms with van der Waals surface area (Å²) in [6, 6.07) is 8.06. The molecule has 1 saturated carbocycles. The van der Waals surface area contributed by atoms with Crippen LogP contribution in [0.2, 0.25) is 0 Å². The highest BCUT2D eigenvalue weighted by Crippen LogP contribution is 2.24. The number of carbonyl (C=O) groups is 1. The summed E-state index contributed by atoms with van der Waals surface area (Å²) in [4.78, 5) is 16.0. The monoisotopic (exact) mass is 321 g/mol. The number of nitrogens with zero attached hydrogens (tertiary/aromatic N) is 3. The Labute approximate surface area is 135 Å². The Kier molecular flexibility index (Phi) is 5.51. The van der Waals surface area contributed by atoms with Gasteiger partial charge in [-0.1, -0.05) is 12.1 Å². The molecule has 6 nitrogen and oxygen atoms in total. The van der Waals surface area contributed by atoms with Crippen LogP contribution in [0.15, 0.2) is 36.9 Å². The van der Waals surface area contributed by atoms with Crippen molar-refractivity contribution in [2.75, 3.05) is 0 Å². The summed E-state index contributed by atoms with van der Waals surface area (Å²) in [7, 11) is 0. The molecule has 2 unspecified atom stereocenters. The van der Waals surface area contributed by atoms with Gasteiger partial charge in [0.15, 0.2) is 0 Å². The molecule has 2 aromatic rings. The fraction of sp³-hybridized carbons (Fsp3) is 0.400. The lowest BCUT2D eigenvalue weighted by molar-refractivity contribution is -0.125. The maximum absolute atomic E-state index is 12.1. The van der Waals surface area contributed by atoms with E-state index in [9.17, 15) is 4.79 Å². The van der Waals surface area contributed by atoms with Gasteiger partial charge in [-0.15, -0.1) is 12.4 Å². The van der Waals surface area contributed by atoms with E-state index >= 15 is 0 Å². The molecule has 1 heterocycles. The third-order valence-corrected chi connectivity index (χ3v) is 3.90. The van der Waals surface area contributed by atoms with Crippen molar-refractivity contribution in [3.63, 3.8) is 0 Å². The van der Waals surface area contributed by atoms with E-state index in [0.717, 1.165) is 30.5 Å². The third kappa shape index (κ3) is 3.84. The minimum atomic E-state index is 0. The van der Waals surface area contributed by atoms with Crippen LogP contribution in [0, 0.1) is 5.92 Å². The second-order valence-electron chi connectivity index (χ2n) is 5.50. The van der Waals surface area contributed by atoms with E-state index in [1.165, 1.54) is 6.33 Å². The van der Waals surface area contributed by atoms with Crippen LogP contribution in [0.5, 0.6) is 0 Å². The van der Waals surface area contributed by atoms with Gasteiger partial charge in [0.05, 0.1) is 5.69 Å². The molecule has 0 spiro atoms. The van der Waals surface area contributed by atoms with Crippen LogP contribution in [0.1, 0.15) is 24.8 Å². The van der Waals surface area contributed by atoms with Crippen molar-refractivity contribution in [3.05, 3.63) is 42.5 Å². The fourth-order valence-corrected chi connectivity index (χ4v) is 2.74.